The van der Waals surface area contributed by atoms with Crippen LogP contribution >= 0.6 is 27.7 Å². The van der Waals surface area contributed by atoms with Crippen LogP contribution < -0.4 is 0 Å². The van der Waals surface area contributed by atoms with Gasteiger partial charge in [-0.25, -0.2) is 0 Å². The van der Waals surface area contributed by atoms with E-state index in [2.05, 4.69) is 21.0 Å². The fourth-order valence-corrected chi connectivity index (χ4v) is 2.92. The van der Waals surface area contributed by atoms with Gasteiger partial charge in [-0.05, 0) is 36.8 Å². The molecular weight excluding hydrogens is 340 g/mol. The van der Waals surface area contributed by atoms with E-state index in [0.29, 0.717) is 18.9 Å². The van der Waals surface area contributed by atoms with Gasteiger partial charge in [-0.15, -0.1) is 11.8 Å². The summed E-state index contributed by atoms with van der Waals surface area (Å²) in [5.74, 6) is 0.117. The van der Waals surface area contributed by atoms with Crippen molar-refractivity contribution in [3.63, 3.8) is 0 Å². The van der Waals surface area contributed by atoms with E-state index < -0.39 is 0 Å². The minimum atomic E-state index is -0.204. The van der Waals surface area contributed by atoms with Crippen LogP contribution in [0.3, 0.4) is 0 Å². The standard InChI is InChI=1S/C14H15BrN2O2S/c1-11-9-12(15)3-4-13(11)20-10-14(18)19-8-7-17-6-2-5-16-17/h2-6,9H,7-8,10H2,1H3. The molecule has 4 nitrogen and oxygen atoms in total. The number of aromatic nitrogens is 2. The Morgan fingerprint density at radius 2 is 2.35 bits per heavy atom. The molecule has 0 amide bonds. The third-order valence-corrected chi connectivity index (χ3v) is 4.27. The molecule has 20 heavy (non-hydrogen) atoms. The summed E-state index contributed by atoms with van der Waals surface area (Å²) in [5.41, 5.74) is 1.15. The van der Waals surface area contributed by atoms with Crippen molar-refractivity contribution in [3.8, 4) is 0 Å². The number of aryl methyl sites for hydroxylation is 1. The molecule has 0 N–H and O–H groups in total. The molecule has 0 unspecified atom stereocenters. The van der Waals surface area contributed by atoms with Gasteiger partial charge in [0.15, 0.2) is 0 Å². The summed E-state index contributed by atoms with van der Waals surface area (Å²) in [6.45, 7) is 2.96. The summed E-state index contributed by atoms with van der Waals surface area (Å²) in [7, 11) is 0. The Labute approximate surface area is 130 Å². The van der Waals surface area contributed by atoms with Gasteiger partial charge in [-0.2, -0.15) is 5.10 Å². The number of benzene rings is 1. The lowest BCUT2D eigenvalue weighted by Gasteiger charge is -2.07. The molecule has 2 aromatic rings. The van der Waals surface area contributed by atoms with Gasteiger partial charge in [0, 0.05) is 21.8 Å². The van der Waals surface area contributed by atoms with E-state index in [1.165, 1.54) is 11.8 Å². The van der Waals surface area contributed by atoms with E-state index in [0.717, 1.165) is 14.9 Å². The molecule has 0 bridgehead atoms. The van der Waals surface area contributed by atoms with Crippen molar-refractivity contribution in [1.29, 1.82) is 0 Å². The number of hydrogen-bond donors (Lipinski definition) is 0. The summed E-state index contributed by atoms with van der Waals surface area (Å²) in [6, 6.07) is 7.85. The maximum absolute atomic E-state index is 11.6. The van der Waals surface area contributed by atoms with Gasteiger partial charge in [0.1, 0.15) is 6.61 Å². The van der Waals surface area contributed by atoms with Gasteiger partial charge >= 0.3 is 5.97 Å². The first-order valence-electron chi connectivity index (χ1n) is 6.17. The number of nitrogens with zero attached hydrogens (tertiary/aromatic N) is 2. The monoisotopic (exact) mass is 354 g/mol. The van der Waals surface area contributed by atoms with Crippen LogP contribution in [0.4, 0.5) is 0 Å². The molecule has 106 valence electrons. The van der Waals surface area contributed by atoms with Crippen LogP contribution in [0.15, 0.2) is 46.0 Å². The molecule has 1 aromatic carbocycles. The number of hydrogen-bond acceptors (Lipinski definition) is 4. The zero-order chi connectivity index (χ0) is 14.4. The van der Waals surface area contributed by atoms with Crippen molar-refractivity contribution < 1.29 is 9.53 Å². The Morgan fingerprint density at radius 3 is 3.05 bits per heavy atom. The summed E-state index contributed by atoms with van der Waals surface area (Å²) in [6.07, 6.45) is 3.54. The molecule has 0 aliphatic carbocycles. The average molecular weight is 355 g/mol. The van der Waals surface area contributed by atoms with Crippen LogP contribution in [0, 0.1) is 6.92 Å². The van der Waals surface area contributed by atoms with Gasteiger partial charge in [-0.3, -0.25) is 9.48 Å². The SMILES string of the molecule is Cc1cc(Br)ccc1SCC(=O)OCCn1cccn1. The Bertz CT molecular complexity index is 573. The second-order valence-corrected chi connectivity index (χ2v) is 6.12. The zero-order valence-electron chi connectivity index (χ0n) is 11.1. The summed E-state index contributed by atoms with van der Waals surface area (Å²) >= 11 is 4.91. The van der Waals surface area contributed by atoms with Gasteiger partial charge in [-0.1, -0.05) is 15.9 Å². The van der Waals surface area contributed by atoms with Crippen molar-refractivity contribution >= 4 is 33.7 Å². The molecule has 0 aliphatic heterocycles. The molecule has 1 heterocycles. The molecule has 0 atom stereocenters. The second-order valence-electron chi connectivity index (χ2n) is 4.19. The first-order valence-corrected chi connectivity index (χ1v) is 7.95. The first kappa shape index (κ1) is 15.1. The van der Waals surface area contributed by atoms with Crippen LogP contribution in [-0.2, 0) is 16.1 Å². The quantitative estimate of drug-likeness (QED) is 0.589. The van der Waals surface area contributed by atoms with Crippen molar-refractivity contribution in [2.75, 3.05) is 12.4 Å². The third-order valence-electron chi connectivity index (χ3n) is 2.63. The molecule has 6 heteroatoms. The topological polar surface area (TPSA) is 44.1 Å². The molecular formula is C14H15BrN2O2S. The Balaban J connectivity index is 1.72. The van der Waals surface area contributed by atoms with E-state index in [1.54, 1.807) is 10.9 Å². The van der Waals surface area contributed by atoms with Crippen LogP contribution in [-0.4, -0.2) is 28.1 Å². The number of rotatable bonds is 6. The smallest absolute Gasteiger partial charge is 0.316 e. The Kier molecular flexibility index (Phi) is 5.67. The minimum Gasteiger partial charge on any atom is -0.463 e. The van der Waals surface area contributed by atoms with Crippen LogP contribution in [0.1, 0.15) is 5.56 Å². The van der Waals surface area contributed by atoms with E-state index in [-0.39, 0.29) is 5.97 Å². The van der Waals surface area contributed by atoms with Gasteiger partial charge in [0.25, 0.3) is 0 Å². The molecule has 0 aliphatic rings. The normalized spacial score (nSPS) is 10.5. The molecule has 2 rings (SSSR count). The van der Waals surface area contributed by atoms with Crippen LogP contribution in [0.5, 0.6) is 0 Å². The number of thioether (sulfide) groups is 1. The fourth-order valence-electron chi connectivity index (χ4n) is 1.64. The predicted octanol–water partition coefficient (Wildman–Crippen LogP) is 3.29. The highest BCUT2D eigenvalue weighted by Gasteiger charge is 2.06. The largest absolute Gasteiger partial charge is 0.463 e. The highest BCUT2D eigenvalue weighted by atomic mass is 79.9. The van der Waals surface area contributed by atoms with E-state index in [9.17, 15) is 4.79 Å². The Morgan fingerprint density at radius 1 is 1.50 bits per heavy atom. The summed E-state index contributed by atoms with van der Waals surface area (Å²) < 4.78 is 7.95. The fraction of sp³-hybridized carbons (Fsp3) is 0.286. The van der Waals surface area contributed by atoms with E-state index in [4.69, 9.17) is 4.74 Å². The highest BCUT2D eigenvalue weighted by Crippen LogP contribution is 2.25. The van der Waals surface area contributed by atoms with Gasteiger partial charge < -0.3 is 4.74 Å². The molecule has 0 radical (unpaired) electrons. The lowest BCUT2D eigenvalue weighted by molar-refractivity contribution is -0.140. The van der Waals surface area contributed by atoms with Crippen molar-refractivity contribution in [3.05, 3.63) is 46.7 Å². The molecule has 1 aromatic heterocycles. The van der Waals surface area contributed by atoms with E-state index in [1.807, 2.05) is 37.4 Å². The highest BCUT2D eigenvalue weighted by molar-refractivity contribution is 9.10. The minimum absolute atomic E-state index is 0.204. The zero-order valence-corrected chi connectivity index (χ0v) is 13.5. The average Bonchev–Trinajstić information content (AvgIpc) is 2.91. The first-order chi connectivity index (χ1) is 9.65. The maximum Gasteiger partial charge on any atom is 0.316 e. The molecule has 0 fully saturated rings. The number of carbonyl (C=O) groups excluding carboxylic acids is 1. The number of halogens is 1. The summed E-state index contributed by atoms with van der Waals surface area (Å²) in [4.78, 5) is 12.7. The number of carbonyl (C=O) groups is 1. The van der Waals surface area contributed by atoms with Crippen molar-refractivity contribution in [1.82, 2.24) is 9.78 Å². The predicted molar refractivity (Wildman–Crippen MR) is 82.8 cm³/mol. The number of ether oxygens (including phenoxy) is 1. The maximum atomic E-state index is 11.6. The molecule has 0 saturated carbocycles. The van der Waals surface area contributed by atoms with Crippen LogP contribution in [0.2, 0.25) is 0 Å². The molecule has 0 saturated heterocycles. The second kappa shape index (κ2) is 7.50. The Hall–Kier alpha value is -1.27. The summed E-state index contributed by atoms with van der Waals surface area (Å²) in [5, 5.41) is 4.04. The van der Waals surface area contributed by atoms with Gasteiger partial charge in [0.2, 0.25) is 0 Å². The third kappa shape index (κ3) is 4.68. The van der Waals surface area contributed by atoms with Gasteiger partial charge in [0.05, 0.1) is 12.3 Å². The van der Waals surface area contributed by atoms with Crippen molar-refractivity contribution in [2.45, 2.75) is 18.4 Å². The lowest BCUT2D eigenvalue weighted by atomic mass is 10.2. The van der Waals surface area contributed by atoms with E-state index >= 15 is 0 Å². The lowest BCUT2D eigenvalue weighted by Crippen LogP contribution is -2.13. The number of esters is 1. The molecule has 0 spiro atoms. The van der Waals surface area contributed by atoms with Crippen molar-refractivity contribution in [2.24, 2.45) is 0 Å². The van der Waals surface area contributed by atoms with Crippen LogP contribution in [0.25, 0.3) is 0 Å².